The Morgan fingerprint density at radius 3 is 2.42 bits per heavy atom. The van der Waals surface area contributed by atoms with Gasteiger partial charge >= 0.3 is 11.5 Å². The summed E-state index contributed by atoms with van der Waals surface area (Å²) in [5, 5.41) is 0. The standard InChI is InChI=1S/C12H14F3NO2S/c1-2-18-11(17)10(16)7-8-3-5-9(6-4-8)19-12(13,14)15/h3-6,10H,2,7,16H2,1H3. The highest BCUT2D eigenvalue weighted by atomic mass is 32.2. The molecule has 0 saturated heterocycles. The molecule has 0 bridgehead atoms. The highest BCUT2D eigenvalue weighted by Gasteiger charge is 2.29. The Morgan fingerprint density at radius 2 is 1.95 bits per heavy atom. The third-order valence-electron chi connectivity index (χ3n) is 2.20. The zero-order valence-electron chi connectivity index (χ0n) is 10.2. The summed E-state index contributed by atoms with van der Waals surface area (Å²) in [4.78, 5) is 11.4. The minimum atomic E-state index is -4.30. The number of nitrogens with two attached hydrogens (primary N) is 1. The molecule has 1 aromatic carbocycles. The van der Waals surface area contributed by atoms with Gasteiger partial charge in [-0.15, -0.1) is 0 Å². The van der Waals surface area contributed by atoms with E-state index in [4.69, 9.17) is 10.5 Å². The molecule has 0 aromatic heterocycles. The molecule has 106 valence electrons. The molecule has 0 amide bonds. The highest BCUT2D eigenvalue weighted by molar-refractivity contribution is 8.00. The quantitative estimate of drug-likeness (QED) is 0.670. The molecule has 1 rings (SSSR count). The minimum Gasteiger partial charge on any atom is -0.465 e. The van der Waals surface area contributed by atoms with Gasteiger partial charge in [-0.3, -0.25) is 4.79 Å². The van der Waals surface area contributed by atoms with Gasteiger partial charge in [0.1, 0.15) is 6.04 Å². The lowest BCUT2D eigenvalue weighted by atomic mass is 10.1. The van der Waals surface area contributed by atoms with Gasteiger partial charge in [-0.2, -0.15) is 13.2 Å². The molecule has 0 fully saturated rings. The number of benzene rings is 1. The van der Waals surface area contributed by atoms with E-state index in [9.17, 15) is 18.0 Å². The number of carbonyl (C=O) groups is 1. The van der Waals surface area contributed by atoms with Gasteiger partial charge in [0.15, 0.2) is 0 Å². The van der Waals surface area contributed by atoms with Crippen molar-refractivity contribution >= 4 is 17.7 Å². The van der Waals surface area contributed by atoms with Gasteiger partial charge in [0, 0.05) is 4.90 Å². The lowest BCUT2D eigenvalue weighted by molar-refractivity contribution is -0.144. The summed E-state index contributed by atoms with van der Waals surface area (Å²) >= 11 is -0.180. The van der Waals surface area contributed by atoms with Gasteiger partial charge in [0.2, 0.25) is 0 Å². The zero-order chi connectivity index (χ0) is 14.5. The van der Waals surface area contributed by atoms with E-state index in [0.29, 0.717) is 5.56 Å². The molecule has 2 N–H and O–H groups in total. The largest absolute Gasteiger partial charge is 0.465 e. The van der Waals surface area contributed by atoms with E-state index < -0.39 is 17.5 Å². The Balaban J connectivity index is 2.59. The highest BCUT2D eigenvalue weighted by Crippen LogP contribution is 2.36. The second kappa shape index (κ2) is 6.81. The number of alkyl halides is 3. The first-order chi connectivity index (χ1) is 8.81. The van der Waals surface area contributed by atoms with E-state index in [2.05, 4.69) is 0 Å². The third kappa shape index (κ3) is 5.98. The predicted octanol–water partition coefficient (Wildman–Crippen LogP) is 2.73. The summed E-state index contributed by atoms with van der Waals surface area (Å²) in [6.45, 7) is 1.92. The van der Waals surface area contributed by atoms with E-state index in [1.165, 1.54) is 24.3 Å². The molecule has 0 radical (unpaired) electrons. The monoisotopic (exact) mass is 293 g/mol. The van der Waals surface area contributed by atoms with Crippen molar-refractivity contribution in [3.63, 3.8) is 0 Å². The van der Waals surface area contributed by atoms with Crippen LogP contribution >= 0.6 is 11.8 Å². The second-order valence-electron chi connectivity index (χ2n) is 3.75. The number of rotatable bonds is 5. The topological polar surface area (TPSA) is 52.3 Å². The van der Waals surface area contributed by atoms with Gasteiger partial charge in [-0.25, -0.2) is 0 Å². The summed E-state index contributed by atoms with van der Waals surface area (Å²) in [5.41, 5.74) is 2.00. The molecule has 1 unspecified atom stereocenters. The summed E-state index contributed by atoms with van der Waals surface area (Å²) in [6.07, 6.45) is 0.232. The van der Waals surface area contributed by atoms with Crippen LogP contribution in [0.1, 0.15) is 12.5 Å². The SMILES string of the molecule is CCOC(=O)C(N)Cc1ccc(SC(F)(F)F)cc1. The van der Waals surface area contributed by atoms with Crippen molar-refractivity contribution in [3.8, 4) is 0 Å². The maximum Gasteiger partial charge on any atom is 0.446 e. The first kappa shape index (κ1) is 15.8. The number of halogens is 3. The van der Waals surface area contributed by atoms with Gasteiger partial charge in [0.05, 0.1) is 6.61 Å². The van der Waals surface area contributed by atoms with Crippen LogP contribution in [0.25, 0.3) is 0 Å². The fourth-order valence-corrected chi connectivity index (χ4v) is 1.95. The van der Waals surface area contributed by atoms with Crippen LogP contribution in [-0.2, 0) is 16.0 Å². The number of hydrogen-bond acceptors (Lipinski definition) is 4. The fraction of sp³-hybridized carbons (Fsp3) is 0.417. The Morgan fingerprint density at radius 1 is 1.37 bits per heavy atom. The molecule has 19 heavy (non-hydrogen) atoms. The fourth-order valence-electron chi connectivity index (χ4n) is 1.41. The number of ether oxygens (including phenoxy) is 1. The first-order valence-corrected chi connectivity index (χ1v) is 6.40. The number of hydrogen-bond donors (Lipinski definition) is 1. The lowest BCUT2D eigenvalue weighted by Gasteiger charge is -2.11. The normalized spacial score (nSPS) is 13.1. The van der Waals surface area contributed by atoms with E-state index in [-0.39, 0.29) is 29.7 Å². The molecule has 1 aromatic rings. The summed E-state index contributed by atoms with van der Waals surface area (Å²) in [7, 11) is 0. The Labute approximate surface area is 113 Å². The second-order valence-corrected chi connectivity index (χ2v) is 4.89. The van der Waals surface area contributed by atoms with Crippen molar-refractivity contribution in [2.24, 2.45) is 5.73 Å². The smallest absolute Gasteiger partial charge is 0.446 e. The minimum absolute atomic E-state index is 0.0981. The Bertz CT molecular complexity index is 420. The van der Waals surface area contributed by atoms with Crippen LogP contribution in [0.3, 0.4) is 0 Å². The molecule has 0 aliphatic heterocycles. The van der Waals surface area contributed by atoms with Crippen molar-refractivity contribution in [1.29, 1.82) is 0 Å². The Kier molecular flexibility index (Phi) is 5.68. The molecule has 3 nitrogen and oxygen atoms in total. The van der Waals surface area contributed by atoms with Gasteiger partial charge in [-0.1, -0.05) is 12.1 Å². The van der Waals surface area contributed by atoms with Crippen LogP contribution in [0, 0.1) is 0 Å². The number of carbonyl (C=O) groups excluding carboxylic acids is 1. The van der Waals surface area contributed by atoms with Crippen LogP contribution in [0.15, 0.2) is 29.2 Å². The third-order valence-corrected chi connectivity index (χ3v) is 2.94. The lowest BCUT2D eigenvalue weighted by Crippen LogP contribution is -2.34. The molecule has 0 aliphatic carbocycles. The van der Waals surface area contributed by atoms with Crippen molar-refractivity contribution in [2.75, 3.05) is 6.61 Å². The van der Waals surface area contributed by atoms with Crippen LogP contribution in [-0.4, -0.2) is 24.1 Å². The maximum atomic E-state index is 12.1. The average molecular weight is 293 g/mol. The number of thioether (sulfide) groups is 1. The van der Waals surface area contributed by atoms with Crippen molar-refractivity contribution < 1.29 is 22.7 Å². The van der Waals surface area contributed by atoms with Gasteiger partial charge in [-0.05, 0) is 42.8 Å². The van der Waals surface area contributed by atoms with Crippen LogP contribution in [0.5, 0.6) is 0 Å². The van der Waals surface area contributed by atoms with Gasteiger partial charge in [0.25, 0.3) is 0 Å². The van der Waals surface area contributed by atoms with Crippen LogP contribution in [0.2, 0.25) is 0 Å². The van der Waals surface area contributed by atoms with Crippen LogP contribution in [0.4, 0.5) is 13.2 Å². The number of esters is 1. The first-order valence-electron chi connectivity index (χ1n) is 5.58. The van der Waals surface area contributed by atoms with Crippen molar-refractivity contribution in [2.45, 2.75) is 29.8 Å². The van der Waals surface area contributed by atoms with Crippen molar-refractivity contribution in [1.82, 2.24) is 0 Å². The van der Waals surface area contributed by atoms with Crippen LogP contribution < -0.4 is 5.73 Å². The maximum absolute atomic E-state index is 12.1. The van der Waals surface area contributed by atoms with E-state index >= 15 is 0 Å². The molecule has 0 spiro atoms. The summed E-state index contributed by atoms with van der Waals surface area (Å²) in [6, 6.07) is 4.94. The predicted molar refractivity (Wildman–Crippen MR) is 66.7 cm³/mol. The molecule has 7 heteroatoms. The van der Waals surface area contributed by atoms with E-state index in [0.717, 1.165) is 0 Å². The molecule has 1 atom stereocenters. The summed E-state index contributed by atoms with van der Waals surface area (Å²) < 4.78 is 41.1. The molecular formula is C12H14F3NO2S. The average Bonchev–Trinajstić information content (AvgIpc) is 2.30. The van der Waals surface area contributed by atoms with E-state index in [1.807, 2.05) is 0 Å². The van der Waals surface area contributed by atoms with Crippen molar-refractivity contribution in [3.05, 3.63) is 29.8 Å². The molecular weight excluding hydrogens is 279 g/mol. The zero-order valence-corrected chi connectivity index (χ0v) is 11.1. The molecule has 0 saturated carbocycles. The summed E-state index contributed by atoms with van der Waals surface area (Å²) in [5.74, 6) is -0.517. The van der Waals surface area contributed by atoms with Gasteiger partial charge < -0.3 is 10.5 Å². The Hall–Kier alpha value is -1.21. The molecule has 0 heterocycles. The van der Waals surface area contributed by atoms with E-state index in [1.54, 1.807) is 6.92 Å². The molecule has 0 aliphatic rings.